The molecule has 10 heteroatoms. The first-order chi connectivity index (χ1) is 16.2. The molecule has 0 saturated carbocycles. The molecule has 1 aliphatic rings. The predicted molar refractivity (Wildman–Crippen MR) is 126 cm³/mol. The van der Waals surface area contributed by atoms with E-state index in [2.05, 4.69) is 19.7 Å². The maximum absolute atomic E-state index is 12.3. The first-order valence-electron chi connectivity index (χ1n) is 10.2. The minimum absolute atomic E-state index is 0.0800. The number of nitrogens with zero attached hydrogens (tertiary/aromatic N) is 5. The summed E-state index contributed by atoms with van der Waals surface area (Å²) in [6.45, 7) is 0.805. The van der Waals surface area contributed by atoms with Gasteiger partial charge in [0, 0.05) is 29.0 Å². The molecular weight excluding hydrogens is 458 g/mol. The van der Waals surface area contributed by atoms with Gasteiger partial charge >= 0.3 is 0 Å². The Labute approximate surface area is 196 Å². The number of fused-ring (bicyclic) bond motifs is 2. The number of aromatic nitrogens is 5. The van der Waals surface area contributed by atoms with E-state index in [-0.39, 0.29) is 12.4 Å². The van der Waals surface area contributed by atoms with Gasteiger partial charge in [-0.3, -0.25) is 13.8 Å². The normalized spacial score (nSPS) is 12.5. The molecular formula is C23H17N5O3S2. The summed E-state index contributed by atoms with van der Waals surface area (Å²) in [5, 5.41) is 11.5. The highest BCUT2D eigenvalue weighted by atomic mass is 32.2. The number of benzene rings is 2. The standard InChI is InChI=1S/C23H17N5O3S2/c29-20-11-17(24-22-27(20)8-9-32-22)13-33-23-26-25-21(16-4-2-1-3-5-16)28(23)12-15-6-7-18-19(10-15)31-14-30-18/h1-11H,12-14H2. The highest BCUT2D eigenvalue weighted by Gasteiger charge is 2.18. The minimum Gasteiger partial charge on any atom is -0.454 e. The highest BCUT2D eigenvalue weighted by molar-refractivity contribution is 7.98. The summed E-state index contributed by atoms with van der Waals surface area (Å²) >= 11 is 2.95. The Kier molecular flexibility index (Phi) is 5.08. The lowest BCUT2D eigenvalue weighted by molar-refractivity contribution is 0.174. The molecule has 0 amide bonds. The number of thiazole rings is 1. The summed E-state index contributed by atoms with van der Waals surface area (Å²) in [5.74, 6) is 2.78. The van der Waals surface area contributed by atoms with E-state index in [1.807, 2.05) is 53.9 Å². The van der Waals surface area contributed by atoms with Crippen LogP contribution < -0.4 is 15.0 Å². The molecule has 0 spiro atoms. The summed E-state index contributed by atoms with van der Waals surface area (Å²) in [5.41, 5.74) is 2.67. The van der Waals surface area contributed by atoms with Crippen LogP contribution in [0.2, 0.25) is 0 Å². The van der Waals surface area contributed by atoms with Crippen LogP contribution >= 0.6 is 23.1 Å². The van der Waals surface area contributed by atoms with Crippen molar-refractivity contribution in [2.24, 2.45) is 0 Å². The fourth-order valence-corrected chi connectivity index (χ4v) is 5.23. The quantitative estimate of drug-likeness (QED) is 0.342. The van der Waals surface area contributed by atoms with Crippen molar-refractivity contribution in [2.45, 2.75) is 17.5 Å². The maximum atomic E-state index is 12.3. The molecule has 164 valence electrons. The summed E-state index contributed by atoms with van der Waals surface area (Å²) < 4.78 is 14.6. The summed E-state index contributed by atoms with van der Waals surface area (Å²) in [6.07, 6.45) is 1.74. The van der Waals surface area contributed by atoms with Gasteiger partial charge in [-0.15, -0.1) is 21.5 Å². The number of ether oxygens (including phenoxy) is 2. The van der Waals surface area contributed by atoms with Crippen molar-refractivity contribution in [3.05, 3.63) is 87.8 Å². The largest absolute Gasteiger partial charge is 0.454 e. The van der Waals surface area contributed by atoms with Crippen molar-refractivity contribution in [3.63, 3.8) is 0 Å². The molecule has 33 heavy (non-hydrogen) atoms. The molecule has 2 aromatic carbocycles. The van der Waals surface area contributed by atoms with E-state index < -0.39 is 0 Å². The lowest BCUT2D eigenvalue weighted by Crippen LogP contribution is -2.12. The van der Waals surface area contributed by atoms with E-state index in [0.717, 1.165) is 33.6 Å². The van der Waals surface area contributed by atoms with Gasteiger partial charge in [-0.25, -0.2) is 4.98 Å². The molecule has 0 aliphatic carbocycles. The zero-order valence-electron chi connectivity index (χ0n) is 17.2. The van der Waals surface area contributed by atoms with Crippen LogP contribution in [0.4, 0.5) is 0 Å². The van der Waals surface area contributed by atoms with Gasteiger partial charge in [-0.2, -0.15) is 0 Å². The smallest absolute Gasteiger partial charge is 0.258 e. The zero-order chi connectivity index (χ0) is 22.2. The monoisotopic (exact) mass is 475 g/mol. The van der Waals surface area contributed by atoms with Crippen molar-refractivity contribution in [1.82, 2.24) is 24.1 Å². The van der Waals surface area contributed by atoms with E-state index in [1.54, 1.807) is 16.7 Å². The average molecular weight is 476 g/mol. The lowest BCUT2D eigenvalue weighted by Gasteiger charge is -2.11. The van der Waals surface area contributed by atoms with Crippen LogP contribution in [0, 0.1) is 0 Å². The molecule has 0 fully saturated rings. The van der Waals surface area contributed by atoms with Gasteiger partial charge in [0.15, 0.2) is 27.4 Å². The zero-order valence-corrected chi connectivity index (χ0v) is 18.9. The molecule has 0 N–H and O–H groups in total. The van der Waals surface area contributed by atoms with Crippen LogP contribution in [0.15, 0.2) is 76.1 Å². The van der Waals surface area contributed by atoms with Crippen molar-refractivity contribution in [1.29, 1.82) is 0 Å². The van der Waals surface area contributed by atoms with Gasteiger partial charge in [-0.05, 0) is 17.7 Å². The third-order valence-electron chi connectivity index (χ3n) is 5.23. The number of hydrogen-bond acceptors (Lipinski definition) is 8. The Morgan fingerprint density at radius 1 is 1.03 bits per heavy atom. The van der Waals surface area contributed by atoms with Crippen LogP contribution in [0.3, 0.4) is 0 Å². The molecule has 0 radical (unpaired) electrons. The second kappa shape index (κ2) is 8.38. The van der Waals surface area contributed by atoms with Crippen molar-refractivity contribution in [3.8, 4) is 22.9 Å². The van der Waals surface area contributed by atoms with Gasteiger partial charge in [0.05, 0.1) is 12.2 Å². The molecule has 0 bridgehead atoms. The first-order valence-corrected chi connectivity index (χ1v) is 12.1. The molecule has 1 aliphatic heterocycles. The van der Waals surface area contributed by atoms with E-state index in [9.17, 15) is 4.79 Å². The van der Waals surface area contributed by atoms with Crippen LogP contribution in [-0.2, 0) is 12.3 Å². The Bertz CT molecular complexity index is 1510. The van der Waals surface area contributed by atoms with Crippen LogP contribution in [0.1, 0.15) is 11.3 Å². The maximum Gasteiger partial charge on any atom is 0.258 e. The molecule has 8 nitrogen and oxygen atoms in total. The van der Waals surface area contributed by atoms with Crippen LogP contribution in [0.25, 0.3) is 16.3 Å². The Hall–Kier alpha value is -3.63. The van der Waals surface area contributed by atoms with Gasteiger partial charge in [0.25, 0.3) is 5.56 Å². The summed E-state index contributed by atoms with van der Waals surface area (Å²) in [6, 6.07) is 17.5. The SMILES string of the molecule is O=c1cc(CSc2nnc(-c3ccccc3)n2Cc2ccc3c(c2)OCO3)nc2sccn12. The van der Waals surface area contributed by atoms with E-state index >= 15 is 0 Å². The summed E-state index contributed by atoms with van der Waals surface area (Å²) in [4.78, 5) is 17.6. The molecule has 4 heterocycles. The van der Waals surface area contributed by atoms with Crippen molar-refractivity contribution in [2.75, 3.05) is 6.79 Å². The lowest BCUT2D eigenvalue weighted by atomic mass is 10.2. The number of thioether (sulfide) groups is 1. The second-order valence-electron chi connectivity index (χ2n) is 7.38. The van der Waals surface area contributed by atoms with Gasteiger partial charge in [0.2, 0.25) is 6.79 Å². The molecule has 0 saturated heterocycles. The average Bonchev–Trinajstić information content (AvgIpc) is 3.58. The number of rotatable bonds is 6. The third-order valence-corrected chi connectivity index (χ3v) is 6.99. The van der Waals surface area contributed by atoms with E-state index in [1.165, 1.54) is 23.1 Å². The van der Waals surface area contributed by atoms with Gasteiger partial charge in [0.1, 0.15) is 0 Å². The van der Waals surface area contributed by atoms with E-state index in [4.69, 9.17) is 9.47 Å². The highest BCUT2D eigenvalue weighted by Crippen LogP contribution is 2.34. The van der Waals surface area contributed by atoms with Crippen LogP contribution in [0.5, 0.6) is 11.5 Å². The first kappa shape index (κ1) is 20.0. The fourth-order valence-electron chi connectivity index (χ4n) is 3.66. The predicted octanol–water partition coefficient (Wildman–Crippen LogP) is 4.08. The summed E-state index contributed by atoms with van der Waals surface area (Å²) in [7, 11) is 0. The van der Waals surface area contributed by atoms with Gasteiger partial charge in [-0.1, -0.05) is 48.2 Å². The molecule has 3 aromatic heterocycles. The Morgan fingerprint density at radius 3 is 2.82 bits per heavy atom. The molecule has 5 aromatic rings. The van der Waals surface area contributed by atoms with Crippen molar-refractivity contribution >= 4 is 28.1 Å². The minimum atomic E-state index is -0.0800. The second-order valence-corrected chi connectivity index (χ2v) is 9.19. The van der Waals surface area contributed by atoms with Crippen LogP contribution in [-0.4, -0.2) is 30.9 Å². The molecule has 0 atom stereocenters. The van der Waals surface area contributed by atoms with E-state index in [0.29, 0.717) is 23.0 Å². The third kappa shape index (κ3) is 3.87. The fraction of sp³-hybridized carbons (Fsp3) is 0.130. The van der Waals surface area contributed by atoms with Gasteiger partial charge < -0.3 is 9.47 Å². The number of hydrogen-bond donors (Lipinski definition) is 0. The Balaban J connectivity index is 1.33. The molecule has 6 rings (SSSR count). The topological polar surface area (TPSA) is 83.5 Å². The van der Waals surface area contributed by atoms with Crippen molar-refractivity contribution < 1.29 is 9.47 Å². The Morgan fingerprint density at radius 2 is 1.91 bits per heavy atom. The molecule has 0 unspecified atom stereocenters.